The average Bonchev–Trinajstić information content (AvgIpc) is 2.84. The van der Waals surface area contributed by atoms with Gasteiger partial charge in [-0.25, -0.2) is 0 Å². The standard InChI is InChI=1S/C15H28N4/c1-5-15(6-2)19-8-7-14(17-19)11-18-10-12(3)16-9-13(18)4/h7-8,12-13,15-16H,5-6,9-11H2,1-4H3. The van der Waals surface area contributed by atoms with Crippen LogP contribution in [0.2, 0.25) is 0 Å². The first kappa shape index (κ1) is 14.5. The molecule has 4 heteroatoms. The van der Waals surface area contributed by atoms with Gasteiger partial charge in [-0.2, -0.15) is 5.10 Å². The molecule has 2 heterocycles. The van der Waals surface area contributed by atoms with Crippen molar-refractivity contribution >= 4 is 0 Å². The third-order valence-corrected chi connectivity index (χ3v) is 4.24. The number of piperazine rings is 1. The van der Waals surface area contributed by atoms with Crippen molar-refractivity contribution in [2.75, 3.05) is 13.1 Å². The van der Waals surface area contributed by atoms with Crippen LogP contribution in [-0.2, 0) is 6.54 Å². The van der Waals surface area contributed by atoms with Crippen LogP contribution in [0.15, 0.2) is 12.3 Å². The van der Waals surface area contributed by atoms with Crippen LogP contribution in [0.1, 0.15) is 52.3 Å². The van der Waals surface area contributed by atoms with Crippen LogP contribution < -0.4 is 5.32 Å². The Bertz CT molecular complexity index is 383. The Labute approximate surface area is 117 Å². The molecule has 108 valence electrons. The molecule has 1 aromatic heterocycles. The van der Waals surface area contributed by atoms with E-state index < -0.39 is 0 Å². The van der Waals surface area contributed by atoms with E-state index in [2.05, 4.69) is 54.9 Å². The van der Waals surface area contributed by atoms with Crippen molar-refractivity contribution in [2.24, 2.45) is 0 Å². The molecule has 1 aliphatic rings. The van der Waals surface area contributed by atoms with E-state index >= 15 is 0 Å². The minimum atomic E-state index is 0.549. The molecule has 1 fully saturated rings. The molecule has 0 radical (unpaired) electrons. The van der Waals surface area contributed by atoms with E-state index in [1.165, 1.54) is 5.69 Å². The molecule has 19 heavy (non-hydrogen) atoms. The molecule has 4 nitrogen and oxygen atoms in total. The van der Waals surface area contributed by atoms with Crippen molar-refractivity contribution in [3.8, 4) is 0 Å². The van der Waals surface area contributed by atoms with Crippen LogP contribution in [0.25, 0.3) is 0 Å². The summed E-state index contributed by atoms with van der Waals surface area (Å²) in [6, 6.07) is 3.90. The molecular formula is C15H28N4. The lowest BCUT2D eigenvalue weighted by Gasteiger charge is -2.37. The van der Waals surface area contributed by atoms with E-state index in [9.17, 15) is 0 Å². The minimum absolute atomic E-state index is 0.549. The summed E-state index contributed by atoms with van der Waals surface area (Å²) in [6.07, 6.45) is 4.45. The monoisotopic (exact) mass is 264 g/mol. The average molecular weight is 264 g/mol. The third kappa shape index (κ3) is 3.57. The Morgan fingerprint density at radius 1 is 1.37 bits per heavy atom. The third-order valence-electron chi connectivity index (χ3n) is 4.24. The quantitative estimate of drug-likeness (QED) is 0.886. The smallest absolute Gasteiger partial charge is 0.0765 e. The highest BCUT2D eigenvalue weighted by molar-refractivity contribution is 5.01. The molecule has 1 N–H and O–H groups in total. The maximum atomic E-state index is 4.76. The van der Waals surface area contributed by atoms with Crippen molar-refractivity contribution in [1.82, 2.24) is 20.0 Å². The highest BCUT2D eigenvalue weighted by Crippen LogP contribution is 2.16. The van der Waals surface area contributed by atoms with E-state index in [0.29, 0.717) is 18.1 Å². The van der Waals surface area contributed by atoms with Crippen LogP contribution in [0, 0.1) is 0 Å². The molecule has 0 amide bonds. The van der Waals surface area contributed by atoms with Gasteiger partial charge in [-0.3, -0.25) is 9.58 Å². The lowest BCUT2D eigenvalue weighted by Crippen LogP contribution is -2.53. The zero-order chi connectivity index (χ0) is 13.8. The van der Waals surface area contributed by atoms with Crippen LogP contribution in [-0.4, -0.2) is 39.9 Å². The molecule has 2 unspecified atom stereocenters. The van der Waals surface area contributed by atoms with Crippen molar-refractivity contribution in [1.29, 1.82) is 0 Å². The maximum Gasteiger partial charge on any atom is 0.0765 e. The predicted octanol–water partition coefficient (Wildman–Crippen LogP) is 2.43. The largest absolute Gasteiger partial charge is 0.311 e. The Hall–Kier alpha value is -0.870. The number of nitrogens with zero attached hydrogens (tertiary/aromatic N) is 3. The van der Waals surface area contributed by atoms with Gasteiger partial charge in [-0.05, 0) is 32.8 Å². The second-order valence-corrected chi connectivity index (χ2v) is 5.85. The fourth-order valence-electron chi connectivity index (χ4n) is 2.85. The normalized spacial score (nSPS) is 25.1. The number of nitrogens with one attached hydrogen (secondary N) is 1. The molecule has 0 aromatic carbocycles. The topological polar surface area (TPSA) is 33.1 Å². The van der Waals surface area contributed by atoms with Gasteiger partial charge in [0, 0.05) is 37.9 Å². The van der Waals surface area contributed by atoms with Crippen LogP contribution >= 0.6 is 0 Å². The van der Waals surface area contributed by atoms with Crippen molar-refractivity contribution in [2.45, 2.75) is 65.2 Å². The van der Waals surface area contributed by atoms with E-state index in [4.69, 9.17) is 5.10 Å². The molecule has 2 atom stereocenters. The minimum Gasteiger partial charge on any atom is -0.311 e. The Balaban J connectivity index is 1.99. The highest BCUT2D eigenvalue weighted by Gasteiger charge is 2.23. The first-order valence-electron chi connectivity index (χ1n) is 7.65. The highest BCUT2D eigenvalue weighted by atomic mass is 15.3. The van der Waals surface area contributed by atoms with Gasteiger partial charge >= 0.3 is 0 Å². The number of rotatable bonds is 5. The van der Waals surface area contributed by atoms with Crippen LogP contribution in [0.5, 0.6) is 0 Å². The van der Waals surface area contributed by atoms with Gasteiger partial charge in [-0.15, -0.1) is 0 Å². The van der Waals surface area contributed by atoms with Gasteiger partial charge in [0.15, 0.2) is 0 Å². The Morgan fingerprint density at radius 2 is 2.11 bits per heavy atom. The molecule has 0 bridgehead atoms. The van der Waals surface area contributed by atoms with Gasteiger partial charge in [-0.1, -0.05) is 13.8 Å². The SMILES string of the molecule is CCC(CC)n1ccc(CN2CC(C)NCC2C)n1. The lowest BCUT2D eigenvalue weighted by atomic mass is 10.1. The first-order valence-corrected chi connectivity index (χ1v) is 7.65. The van der Waals surface area contributed by atoms with Crippen LogP contribution in [0.3, 0.4) is 0 Å². The van der Waals surface area contributed by atoms with E-state index in [1.807, 2.05) is 0 Å². The first-order chi connectivity index (χ1) is 9.13. The van der Waals surface area contributed by atoms with Gasteiger partial charge in [0.25, 0.3) is 0 Å². The van der Waals surface area contributed by atoms with Crippen molar-refractivity contribution in [3.63, 3.8) is 0 Å². The predicted molar refractivity (Wildman–Crippen MR) is 79.2 cm³/mol. The number of aromatic nitrogens is 2. The molecule has 2 rings (SSSR count). The van der Waals surface area contributed by atoms with Gasteiger partial charge < -0.3 is 5.32 Å². The summed E-state index contributed by atoms with van der Waals surface area (Å²) in [5.74, 6) is 0. The van der Waals surface area contributed by atoms with Crippen molar-refractivity contribution in [3.05, 3.63) is 18.0 Å². The summed E-state index contributed by atoms with van der Waals surface area (Å²) in [5, 5.41) is 8.28. The molecule has 0 saturated carbocycles. The van der Waals surface area contributed by atoms with Gasteiger partial charge in [0.2, 0.25) is 0 Å². The maximum absolute atomic E-state index is 4.76. The summed E-state index contributed by atoms with van der Waals surface area (Å²) >= 11 is 0. The summed E-state index contributed by atoms with van der Waals surface area (Å²) in [4.78, 5) is 2.53. The fourth-order valence-corrected chi connectivity index (χ4v) is 2.85. The summed E-state index contributed by atoms with van der Waals surface area (Å²) in [6.45, 7) is 12.2. The molecule has 1 aliphatic heterocycles. The second-order valence-electron chi connectivity index (χ2n) is 5.85. The molecule has 1 saturated heterocycles. The summed E-state index contributed by atoms with van der Waals surface area (Å²) < 4.78 is 2.14. The van der Waals surface area contributed by atoms with E-state index in [1.54, 1.807) is 0 Å². The fraction of sp³-hybridized carbons (Fsp3) is 0.800. The van der Waals surface area contributed by atoms with E-state index in [0.717, 1.165) is 32.5 Å². The van der Waals surface area contributed by atoms with E-state index in [-0.39, 0.29) is 0 Å². The zero-order valence-corrected chi connectivity index (χ0v) is 12.8. The second kappa shape index (κ2) is 6.53. The van der Waals surface area contributed by atoms with Gasteiger partial charge in [0.05, 0.1) is 11.7 Å². The Kier molecular flexibility index (Phi) is 4.99. The number of hydrogen-bond acceptors (Lipinski definition) is 3. The lowest BCUT2D eigenvalue weighted by molar-refractivity contribution is 0.136. The summed E-state index contributed by atoms with van der Waals surface area (Å²) in [5.41, 5.74) is 1.20. The molecule has 0 aliphatic carbocycles. The summed E-state index contributed by atoms with van der Waals surface area (Å²) in [7, 11) is 0. The van der Waals surface area contributed by atoms with Crippen molar-refractivity contribution < 1.29 is 0 Å². The van der Waals surface area contributed by atoms with Crippen LogP contribution in [0.4, 0.5) is 0 Å². The van der Waals surface area contributed by atoms with Gasteiger partial charge in [0.1, 0.15) is 0 Å². The molecule has 1 aromatic rings. The Morgan fingerprint density at radius 3 is 2.79 bits per heavy atom. The molecular weight excluding hydrogens is 236 g/mol. The number of hydrogen-bond donors (Lipinski definition) is 1. The zero-order valence-electron chi connectivity index (χ0n) is 12.8. The molecule has 0 spiro atoms.